The molecule has 0 aliphatic carbocycles. The molecule has 7 heteroatoms. The molecule has 1 aromatic heterocycles. The molecular weight excluding hydrogens is 368 g/mol. The van der Waals surface area contributed by atoms with E-state index in [2.05, 4.69) is 27.7 Å². The van der Waals surface area contributed by atoms with Crippen LogP contribution in [0.1, 0.15) is 21.3 Å². The Hall–Kier alpha value is -1.54. The van der Waals surface area contributed by atoms with Gasteiger partial charge in [0.25, 0.3) is 5.91 Å². The molecule has 1 N–H and O–H groups in total. The summed E-state index contributed by atoms with van der Waals surface area (Å²) in [5.74, 6) is 0.498. The number of hydrogen-bond acceptors (Lipinski definition) is 6. The number of benzene rings is 1. The molecule has 1 amide bonds. The first-order valence-corrected chi connectivity index (χ1v) is 10.7. The van der Waals surface area contributed by atoms with Gasteiger partial charge in [-0.05, 0) is 35.9 Å². The molecular formula is C19H24N2O3S2. The zero-order valence-electron chi connectivity index (χ0n) is 15.1. The van der Waals surface area contributed by atoms with E-state index in [9.17, 15) is 4.79 Å². The molecule has 1 unspecified atom stereocenters. The van der Waals surface area contributed by atoms with Crippen LogP contribution in [0.25, 0.3) is 0 Å². The van der Waals surface area contributed by atoms with Gasteiger partial charge >= 0.3 is 0 Å². The second kappa shape index (κ2) is 9.41. The van der Waals surface area contributed by atoms with Gasteiger partial charge in [0, 0.05) is 29.4 Å². The summed E-state index contributed by atoms with van der Waals surface area (Å²) in [6, 6.07) is 10.0. The summed E-state index contributed by atoms with van der Waals surface area (Å²) >= 11 is 3.35. The number of hydrogen-bond donors (Lipinski definition) is 1. The fraction of sp³-hybridized carbons (Fsp3) is 0.421. The predicted molar refractivity (Wildman–Crippen MR) is 107 cm³/mol. The molecule has 2 heterocycles. The lowest BCUT2D eigenvalue weighted by atomic mass is 10.1. The van der Waals surface area contributed by atoms with Crippen molar-refractivity contribution in [3.8, 4) is 5.75 Å². The lowest BCUT2D eigenvalue weighted by Crippen LogP contribution is -2.43. The van der Waals surface area contributed by atoms with Crippen molar-refractivity contribution in [1.82, 2.24) is 10.2 Å². The zero-order chi connectivity index (χ0) is 18.4. The van der Waals surface area contributed by atoms with E-state index in [1.165, 1.54) is 4.88 Å². The van der Waals surface area contributed by atoms with Crippen LogP contribution in [0.3, 0.4) is 0 Å². The van der Waals surface area contributed by atoms with Gasteiger partial charge in [0.2, 0.25) is 0 Å². The molecule has 5 nitrogen and oxygen atoms in total. The van der Waals surface area contributed by atoms with E-state index in [1.54, 1.807) is 30.2 Å². The van der Waals surface area contributed by atoms with Crippen molar-refractivity contribution in [2.45, 2.75) is 10.9 Å². The smallest absolute Gasteiger partial charge is 0.255 e. The van der Waals surface area contributed by atoms with E-state index in [0.717, 1.165) is 31.2 Å². The number of ether oxygens (including phenoxy) is 2. The summed E-state index contributed by atoms with van der Waals surface area (Å²) in [4.78, 5) is 17.5. The van der Waals surface area contributed by atoms with Gasteiger partial charge in [-0.15, -0.1) is 23.1 Å². The van der Waals surface area contributed by atoms with Gasteiger partial charge in [0.15, 0.2) is 0 Å². The highest BCUT2D eigenvalue weighted by molar-refractivity contribution is 7.98. The highest BCUT2D eigenvalue weighted by Crippen LogP contribution is 2.27. The molecule has 3 rings (SSSR count). The van der Waals surface area contributed by atoms with E-state index in [0.29, 0.717) is 17.9 Å². The van der Waals surface area contributed by atoms with Crippen molar-refractivity contribution >= 4 is 29.0 Å². The lowest BCUT2D eigenvalue weighted by molar-refractivity contribution is 0.0169. The largest absolute Gasteiger partial charge is 0.496 e. The molecule has 1 aliphatic rings. The van der Waals surface area contributed by atoms with Crippen LogP contribution < -0.4 is 10.1 Å². The average Bonchev–Trinajstić information content (AvgIpc) is 3.22. The molecule has 0 saturated carbocycles. The third kappa shape index (κ3) is 4.59. The Balaban J connectivity index is 1.71. The second-order valence-corrected chi connectivity index (χ2v) is 7.81. The van der Waals surface area contributed by atoms with E-state index in [-0.39, 0.29) is 11.9 Å². The van der Waals surface area contributed by atoms with Gasteiger partial charge < -0.3 is 14.8 Å². The third-order valence-corrected chi connectivity index (χ3v) is 6.17. The summed E-state index contributed by atoms with van der Waals surface area (Å²) in [7, 11) is 1.60. The number of carbonyl (C=O) groups is 1. The van der Waals surface area contributed by atoms with Gasteiger partial charge in [-0.3, -0.25) is 9.69 Å². The number of nitrogens with one attached hydrogen (secondary N) is 1. The molecule has 1 aliphatic heterocycles. The number of morpholine rings is 1. The normalized spacial score (nSPS) is 16.2. The van der Waals surface area contributed by atoms with Crippen LogP contribution in [0.15, 0.2) is 40.6 Å². The highest BCUT2D eigenvalue weighted by Gasteiger charge is 2.24. The number of thiophene rings is 1. The van der Waals surface area contributed by atoms with Crippen LogP contribution in [0.2, 0.25) is 0 Å². The van der Waals surface area contributed by atoms with Crippen LogP contribution in [-0.4, -0.2) is 57.0 Å². The summed E-state index contributed by atoms with van der Waals surface area (Å²) in [6.07, 6.45) is 2.00. The molecule has 0 radical (unpaired) electrons. The van der Waals surface area contributed by atoms with Gasteiger partial charge in [-0.2, -0.15) is 0 Å². The molecule has 1 atom stereocenters. The minimum Gasteiger partial charge on any atom is -0.496 e. The zero-order valence-corrected chi connectivity index (χ0v) is 16.7. The Morgan fingerprint density at radius 3 is 2.85 bits per heavy atom. The maximum Gasteiger partial charge on any atom is 0.255 e. The lowest BCUT2D eigenvalue weighted by Gasteiger charge is -2.34. The van der Waals surface area contributed by atoms with Crippen molar-refractivity contribution in [3.05, 3.63) is 46.2 Å². The molecule has 26 heavy (non-hydrogen) atoms. The van der Waals surface area contributed by atoms with Gasteiger partial charge in [0.1, 0.15) is 5.75 Å². The van der Waals surface area contributed by atoms with Gasteiger partial charge in [0.05, 0.1) is 31.9 Å². The maximum absolute atomic E-state index is 12.7. The average molecular weight is 393 g/mol. The number of nitrogens with zero attached hydrogens (tertiary/aromatic N) is 1. The first-order valence-electron chi connectivity index (χ1n) is 8.58. The fourth-order valence-corrected chi connectivity index (χ4v) is 4.34. The van der Waals surface area contributed by atoms with Crippen molar-refractivity contribution in [3.63, 3.8) is 0 Å². The van der Waals surface area contributed by atoms with Crippen molar-refractivity contribution in [1.29, 1.82) is 0 Å². The summed E-state index contributed by atoms with van der Waals surface area (Å²) in [5.41, 5.74) is 0.567. The second-order valence-electron chi connectivity index (χ2n) is 5.96. The number of thioether (sulfide) groups is 1. The van der Waals surface area contributed by atoms with Crippen molar-refractivity contribution in [2.75, 3.05) is 46.2 Å². The summed E-state index contributed by atoms with van der Waals surface area (Å²) in [6.45, 7) is 3.79. The third-order valence-electron chi connectivity index (χ3n) is 4.47. The predicted octanol–water partition coefficient (Wildman–Crippen LogP) is 3.28. The Morgan fingerprint density at radius 1 is 1.38 bits per heavy atom. The van der Waals surface area contributed by atoms with Crippen LogP contribution in [0, 0.1) is 0 Å². The Labute approximate surface area is 162 Å². The summed E-state index contributed by atoms with van der Waals surface area (Å²) in [5, 5.41) is 5.17. The van der Waals surface area contributed by atoms with Gasteiger partial charge in [-0.1, -0.05) is 6.07 Å². The molecule has 1 fully saturated rings. The molecule has 1 aromatic carbocycles. The monoisotopic (exact) mass is 392 g/mol. The molecule has 0 spiro atoms. The summed E-state index contributed by atoms with van der Waals surface area (Å²) < 4.78 is 10.9. The highest BCUT2D eigenvalue weighted by atomic mass is 32.2. The number of methoxy groups -OCH3 is 1. The van der Waals surface area contributed by atoms with Crippen molar-refractivity contribution < 1.29 is 14.3 Å². The fourth-order valence-electron chi connectivity index (χ4n) is 3.05. The maximum atomic E-state index is 12.7. The Bertz CT molecular complexity index is 716. The van der Waals surface area contributed by atoms with Crippen LogP contribution in [0.4, 0.5) is 0 Å². The molecule has 0 bridgehead atoms. The van der Waals surface area contributed by atoms with Gasteiger partial charge in [-0.25, -0.2) is 0 Å². The van der Waals surface area contributed by atoms with Crippen LogP contribution in [-0.2, 0) is 4.74 Å². The first kappa shape index (κ1) is 19.2. The topological polar surface area (TPSA) is 50.8 Å². The quantitative estimate of drug-likeness (QED) is 0.733. The minimum absolute atomic E-state index is 0.107. The standard InChI is InChI=1S/C19H24N2O3S2/c1-23-17-12-14(25-2)5-6-15(17)19(22)20-13-16(18-4-3-11-26-18)21-7-9-24-10-8-21/h3-6,11-12,16H,7-10,13H2,1-2H3,(H,20,22). The van der Waals surface area contributed by atoms with E-state index >= 15 is 0 Å². The number of rotatable bonds is 7. The van der Waals surface area contributed by atoms with Crippen LogP contribution in [0.5, 0.6) is 5.75 Å². The first-order chi connectivity index (χ1) is 12.7. The minimum atomic E-state index is -0.107. The Morgan fingerprint density at radius 2 is 2.19 bits per heavy atom. The molecule has 1 saturated heterocycles. The Kier molecular flexibility index (Phi) is 6.96. The van der Waals surface area contributed by atoms with E-state index in [1.807, 2.05) is 24.5 Å². The number of amides is 1. The molecule has 2 aromatic rings. The van der Waals surface area contributed by atoms with E-state index in [4.69, 9.17) is 9.47 Å². The molecule has 140 valence electrons. The SMILES string of the molecule is COc1cc(SC)ccc1C(=O)NCC(c1cccs1)N1CCOCC1. The van der Waals surface area contributed by atoms with E-state index < -0.39 is 0 Å². The van der Waals surface area contributed by atoms with Crippen molar-refractivity contribution in [2.24, 2.45) is 0 Å². The number of carbonyl (C=O) groups excluding carboxylic acids is 1. The van der Waals surface area contributed by atoms with Crippen LogP contribution >= 0.6 is 23.1 Å².